The number of aromatic amines is 1. The summed E-state index contributed by atoms with van der Waals surface area (Å²) in [4.78, 5) is 35.9. The first kappa shape index (κ1) is 16.7. The number of aliphatic carboxylic acids is 1. The third kappa shape index (κ3) is 3.74. The maximum Gasteiger partial charge on any atom is 0.308 e. The van der Waals surface area contributed by atoms with Crippen molar-refractivity contribution in [2.75, 3.05) is 18.5 Å². The van der Waals surface area contributed by atoms with Crippen molar-refractivity contribution in [3.63, 3.8) is 0 Å². The van der Waals surface area contributed by atoms with Crippen LogP contribution in [-0.2, 0) is 4.79 Å². The normalized spacial score (nSPS) is 12.0. The Hall–Kier alpha value is -2.70. The minimum atomic E-state index is -0.842. The fraction of sp³-hybridized carbons (Fsp3) is 0.375. The molecule has 0 saturated carbocycles. The molecule has 0 aliphatic rings. The molecule has 2 aromatic heterocycles. The molecule has 2 rings (SSSR count). The average molecular weight is 316 g/mol. The Morgan fingerprint density at radius 3 is 2.61 bits per heavy atom. The van der Waals surface area contributed by atoms with E-state index in [1.54, 1.807) is 51.0 Å². The van der Waals surface area contributed by atoms with E-state index < -0.39 is 11.9 Å². The van der Waals surface area contributed by atoms with Gasteiger partial charge in [-0.05, 0) is 26.0 Å². The highest BCUT2D eigenvalue weighted by Crippen LogP contribution is 2.17. The maximum atomic E-state index is 11.8. The standard InChI is InChI=1S/C16H20N4O3/c1-9(16(22)23)8-20(4)13-6-5-12(7-17-13)14-18-11(3)10(2)15(21)19-14/h5-7,9H,8H2,1-4H3,(H,22,23)(H,18,19,21). The molecule has 0 aliphatic heterocycles. The molecule has 1 atom stereocenters. The van der Waals surface area contributed by atoms with Crippen LogP contribution < -0.4 is 10.5 Å². The third-order valence-electron chi connectivity index (χ3n) is 3.78. The number of carboxylic acid groups (broad SMARTS) is 1. The van der Waals surface area contributed by atoms with Gasteiger partial charge < -0.3 is 15.0 Å². The zero-order valence-corrected chi connectivity index (χ0v) is 13.6. The molecular formula is C16H20N4O3. The molecule has 0 fully saturated rings. The van der Waals surface area contributed by atoms with Crippen molar-refractivity contribution in [2.24, 2.45) is 5.92 Å². The fourth-order valence-electron chi connectivity index (χ4n) is 2.12. The largest absolute Gasteiger partial charge is 0.481 e. The van der Waals surface area contributed by atoms with Gasteiger partial charge in [0, 0.05) is 36.6 Å². The van der Waals surface area contributed by atoms with E-state index >= 15 is 0 Å². The summed E-state index contributed by atoms with van der Waals surface area (Å²) in [5.74, 6) is -0.198. The van der Waals surface area contributed by atoms with E-state index in [0.717, 1.165) is 0 Å². The SMILES string of the molecule is Cc1nc(-c2ccc(N(C)CC(C)C(=O)O)nc2)[nH]c(=O)c1C. The van der Waals surface area contributed by atoms with Crippen molar-refractivity contribution in [1.82, 2.24) is 15.0 Å². The molecule has 2 aromatic rings. The van der Waals surface area contributed by atoms with Crippen LogP contribution in [0.4, 0.5) is 5.82 Å². The van der Waals surface area contributed by atoms with Crippen molar-refractivity contribution < 1.29 is 9.90 Å². The van der Waals surface area contributed by atoms with Crippen molar-refractivity contribution in [3.05, 3.63) is 39.9 Å². The Morgan fingerprint density at radius 1 is 1.39 bits per heavy atom. The van der Waals surface area contributed by atoms with Gasteiger partial charge in [-0.3, -0.25) is 9.59 Å². The minimum Gasteiger partial charge on any atom is -0.481 e. The number of hydrogen-bond acceptors (Lipinski definition) is 5. The summed E-state index contributed by atoms with van der Waals surface area (Å²) in [6, 6.07) is 3.58. The summed E-state index contributed by atoms with van der Waals surface area (Å²) in [5.41, 5.74) is 1.82. The van der Waals surface area contributed by atoms with Gasteiger partial charge in [-0.2, -0.15) is 0 Å². The first-order valence-corrected chi connectivity index (χ1v) is 7.27. The number of rotatable bonds is 5. The summed E-state index contributed by atoms with van der Waals surface area (Å²) in [6.07, 6.45) is 1.62. The number of aromatic nitrogens is 3. The van der Waals surface area contributed by atoms with Crippen LogP contribution in [0.25, 0.3) is 11.4 Å². The monoisotopic (exact) mass is 316 g/mol. The molecule has 122 valence electrons. The lowest BCUT2D eigenvalue weighted by molar-refractivity contribution is -0.140. The zero-order chi connectivity index (χ0) is 17.1. The summed E-state index contributed by atoms with van der Waals surface area (Å²) in [7, 11) is 1.79. The third-order valence-corrected chi connectivity index (χ3v) is 3.78. The Morgan fingerprint density at radius 2 is 2.09 bits per heavy atom. The molecule has 0 amide bonds. The van der Waals surface area contributed by atoms with E-state index in [1.165, 1.54) is 0 Å². The van der Waals surface area contributed by atoms with E-state index in [1.807, 2.05) is 0 Å². The Bertz CT molecular complexity index is 768. The molecule has 0 spiro atoms. The molecule has 7 nitrogen and oxygen atoms in total. The van der Waals surface area contributed by atoms with E-state index in [0.29, 0.717) is 35.0 Å². The van der Waals surface area contributed by atoms with E-state index in [-0.39, 0.29) is 5.56 Å². The minimum absolute atomic E-state index is 0.163. The topological polar surface area (TPSA) is 99.2 Å². The van der Waals surface area contributed by atoms with Crippen LogP contribution in [0, 0.1) is 19.8 Å². The second-order valence-electron chi connectivity index (χ2n) is 5.65. The van der Waals surface area contributed by atoms with Gasteiger partial charge in [0.1, 0.15) is 11.6 Å². The van der Waals surface area contributed by atoms with Gasteiger partial charge in [-0.1, -0.05) is 6.92 Å². The van der Waals surface area contributed by atoms with Crippen LogP contribution in [-0.4, -0.2) is 39.6 Å². The number of carboxylic acids is 1. The van der Waals surface area contributed by atoms with Gasteiger partial charge in [0.05, 0.1) is 5.92 Å². The molecule has 0 aromatic carbocycles. The number of carbonyl (C=O) groups is 1. The van der Waals surface area contributed by atoms with Gasteiger partial charge in [0.15, 0.2) is 0 Å². The molecule has 2 N–H and O–H groups in total. The van der Waals surface area contributed by atoms with Gasteiger partial charge in [-0.15, -0.1) is 0 Å². The molecular weight excluding hydrogens is 296 g/mol. The highest BCUT2D eigenvalue weighted by molar-refractivity contribution is 5.70. The molecule has 0 bridgehead atoms. The molecule has 23 heavy (non-hydrogen) atoms. The molecule has 0 aliphatic carbocycles. The Kier molecular flexibility index (Phi) is 4.78. The van der Waals surface area contributed by atoms with E-state index in [2.05, 4.69) is 15.0 Å². The van der Waals surface area contributed by atoms with Crippen molar-refractivity contribution in [2.45, 2.75) is 20.8 Å². The van der Waals surface area contributed by atoms with Gasteiger partial charge in [-0.25, -0.2) is 9.97 Å². The summed E-state index contributed by atoms with van der Waals surface area (Å²) < 4.78 is 0. The van der Waals surface area contributed by atoms with E-state index in [4.69, 9.17) is 5.11 Å². The molecule has 2 heterocycles. The molecule has 0 radical (unpaired) electrons. The van der Waals surface area contributed by atoms with Gasteiger partial charge in [0.2, 0.25) is 0 Å². The van der Waals surface area contributed by atoms with Gasteiger partial charge in [0.25, 0.3) is 5.56 Å². The first-order chi connectivity index (χ1) is 10.8. The number of aryl methyl sites for hydroxylation is 1. The highest BCUT2D eigenvalue weighted by atomic mass is 16.4. The number of nitrogens with zero attached hydrogens (tertiary/aromatic N) is 3. The summed E-state index contributed by atoms with van der Waals surface area (Å²) >= 11 is 0. The van der Waals surface area contributed by atoms with Crippen LogP contribution in [0.2, 0.25) is 0 Å². The maximum absolute atomic E-state index is 11.8. The second kappa shape index (κ2) is 6.60. The zero-order valence-electron chi connectivity index (χ0n) is 13.6. The predicted octanol–water partition coefficient (Wildman–Crippen LogP) is 1.61. The number of nitrogens with one attached hydrogen (secondary N) is 1. The number of H-pyrrole nitrogens is 1. The second-order valence-corrected chi connectivity index (χ2v) is 5.65. The van der Waals surface area contributed by atoms with E-state index in [9.17, 15) is 9.59 Å². The lowest BCUT2D eigenvalue weighted by Gasteiger charge is -2.20. The molecule has 0 saturated heterocycles. The van der Waals surface area contributed by atoms with Crippen LogP contribution in [0.5, 0.6) is 0 Å². The number of hydrogen-bond donors (Lipinski definition) is 2. The molecule has 1 unspecified atom stereocenters. The first-order valence-electron chi connectivity index (χ1n) is 7.27. The lowest BCUT2D eigenvalue weighted by Crippen LogP contribution is -2.28. The quantitative estimate of drug-likeness (QED) is 0.869. The average Bonchev–Trinajstić information content (AvgIpc) is 2.52. The van der Waals surface area contributed by atoms with Gasteiger partial charge >= 0.3 is 5.97 Å². The fourth-order valence-corrected chi connectivity index (χ4v) is 2.12. The van der Waals surface area contributed by atoms with Crippen molar-refractivity contribution >= 4 is 11.8 Å². The Balaban J connectivity index is 2.23. The summed E-state index contributed by atoms with van der Waals surface area (Å²) in [5, 5.41) is 8.96. The highest BCUT2D eigenvalue weighted by Gasteiger charge is 2.15. The number of pyridine rings is 1. The predicted molar refractivity (Wildman–Crippen MR) is 87.6 cm³/mol. The molecule has 7 heteroatoms. The van der Waals surface area contributed by atoms with Crippen LogP contribution in [0.15, 0.2) is 23.1 Å². The number of anilines is 1. The Labute approximate surface area is 134 Å². The van der Waals surface area contributed by atoms with Crippen molar-refractivity contribution in [1.29, 1.82) is 0 Å². The summed E-state index contributed by atoms with van der Waals surface area (Å²) in [6.45, 7) is 5.53. The van der Waals surface area contributed by atoms with Crippen LogP contribution in [0.1, 0.15) is 18.2 Å². The van der Waals surface area contributed by atoms with Crippen LogP contribution in [0.3, 0.4) is 0 Å². The van der Waals surface area contributed by atoms with Crippen molar-refractivity contribution in [3.8, 4) is 11.4 Å². The smallest absolute Gasteiger partial charge is 0.308 e. The lowest BCUT2D eigenvalue weighted by atomic mass is 10.1. The van der Waals surface area contributed by atoms with Crippen LogP contribution >= 0.6 is 0 Å².